The van der Waals surface area contributed by atoms with E-state index < -0.39 is 0 Å². The Labute approximate surface area is 109 Å². The highest BCUT2D eigenvalue weighted by molar-refractivity contribution is 5.31. The fourth-order valence-corrected chi connectivity index (χ4v) is 2.82. The molecule has 2 rings (SSSR count). The SMILES string of the molecule is C=C(C)OC(=CC)C1(c2cc(C)on2)CCCC1. The van der Waals surface area contributed by atoms with E-state index in [4.69, 9.17) is 9.26 Å². The van der Waals surface area contributed by atoms with E-state index in [9.17, 15) is 0 Å². The average Bonchev–Trinajstić information content (AvgIpc) is 2.94. The first kappa shape index (κ1) is 12.9. The predicted molar refractivity (Wildman–Crippen MR) is 71.0 cm³/mol. The Morgan fingerprint density at radius 2 is 2.17 bits per heavy atom. The first-order chi connectivity index (χ1) is 8.58. The lowest BCUT2D eigenvalue weighted by atomic mass is 9.80. The minimum Gasteiger partial charge on any atom is -0.466 e. The zero-order chi connectivity index (χ0) is 13.2. The van der Waals surface area contributed by atoms with E-state index in [1.165, 1.54) is 12.8 Å². The van der Waals surface area contributed by atoms with Gasteiger partial charge in [0.05, 0.1) is 16.9 Å². The monoisotopic (exact) mass is 247 g/mol. The van der Waals surface area contributed by atoms with Gasteiger partial charge in [0.25, 0.3) is 0 Å². The van der Waals surface area contributed by atoms with E-state index in [2.05, 4.69) is 11.7 Å². The number of nitrogens with zero attached hydrogens (tertiary/aromatic N) is 1. The van der Waals surface area contributed by atoms with E-state index >= 15 is 0 Å². The molecule has 0 atom stereocenters. The van der Waals surface area contributed by atoms with Crippen molar-refractivity contribution < 1.29 is 9.26 Å². The van der Waals surface area contributed by atoms with Crippen molar-refractivity contribution >= 4 is 0 Å². The summed E-state index contributed by atoms with van der Waals surface area (Å²) in [7, 11) is 0. The molecule has 1 aliphatic rings. The molecule has 1 aromatic rings. The third kappa shape index (κ3) is 2.22. The molecule has 98 valence electrons. The van der Waals surface area contributed by atoms with Crippen molar-refractivity contribution in [3.8, 4) is 0 Å². The van der Waals surface area contributed by atoms with Crippen LogP contribution in [0.15, 0.2) is 34.8 Å². The molecule has 0 unspecified atom stereocenters. The molecule has 0 N–H and O–H groups in total. The number of rotatable bonds is 4. The molecule has 0 aliphatic heterocycles. The van der Waals surface area contributed by atoms with Crippen molar-refractivity contribution in [2.24, 2.45) is 0 Å². The van der Waals surface area contributed by atoms with E-state index in [1.807, 2.05) is 32.9 Å². The van der Waals surface area contributed by atoms with E-state index in [0.29, 0.717) is 0 Å². The van der Waals surface area contributed by atoms with Gasteiger partial charge in [-0.25, -0.2) is 0 Å². The van der Waals surface area contributed by atoms with E-state index in [1.54, 1.807) is 0 Å². The second kappa shape index (κ2) is 5.01. The van der Waals surface area contributed by atoms with Crippen molar-refractivity contribution in [2.45, 2.75) is 51.9 Å². The second-order valence-corrected chi connectivity index (χ2v) is 5.07. The first-order valence-electron chi connectivity index (χ1n) is 6.52. The van der Waals surface area contributed by atoms with Crippen LogP contribution in [0.25, 0.3) is 0 Å². The van der Waals surface area contributed by atoms with Gasteiger partial charge in [-0.15, -0.1) is 0 Å². The molecule has 0 amide bonds. The summed E-state index contributed by atoms with van der Waals surface area (Å²) in [6, 6.07) is 2.02. The minimum atomic E-state index is -0.120. The van der Waals surface area contributed by atoms with Gasteiger partial charge in [0.2, 0.25) is 0 Å². The van der Waals surface area contributed by atoms with E-state index in [-0.39, 0.29) is 5.41 Å². The van der Waals surface area contributed by atoms with Crippen molar-refractivity contribution in [3.63, 3.8) is 0 Å². The zero-order valence-corrected chi connectivity index (χ0v) is 11.5. The number of hydrogen-bond donors (Lipinski definition) is 0. The molecular formula is C15H21NO2. The van der Waals surface area contributed by atoms with Gasteiger partial charge in [-0.2, -0.15) is 0 Å². The quantitative estimate of drug-likeness (QED) is 0.746. The molecule has 1 heterocycles. The highest BCUT2D eigenvalue weighted by Crippen LogP contribution is 2.47. The number of hydrogen-bond acceptors (Lipinski definition) is 3. The Kier molecular flexibility index (Phi) is 3.60. The van der Waals surface area contributed by atoms with Crippen LogP contribution < -0.4 is 0 Å². The summed E-state index contributed by atoms with van der Waals surface area (Å²) in [5.74, 6) is 2.53. The molecule has 0 spiro atoms. The number of ether oxygens (including phenoxy) is 1. The highest BCUT2D eigenvalue weighted by atomic mass is 16.5. The molecule has 3 heteroatoms. The van der Waals surface area contributed by atoms with Crippen LogP contribution in [0.4, 0.5) is 0 Å². The van der Waals surface area contributed by atoms with Crippen LogP contribution in [0.3, 0.4) is 0 Å². The van der Waals surface area contributed by atoms with Crippen LogP contribution in [-0.4, -0.2) is 5.16 Å². The van der Waals surface area contributed by atoms with Crippen molar-refractivity contribution in [2.75, 3.05) is 0 Å². The van der Waals surface area contributed by atoms with Gasteiger partial charge in [-0.05, 0) is 39.7 Å². The fraction of sp³-hybridized carbons (Fsp3) is 0.533. The van der Waals surface area contributed by atoms with Gasteiger partial charge < -0.3 is 9.26 Å². The topological polar surface area (TPSA) is 35.3 Å². The molecule has 1 aromatic heterocycles. The van der Waals surface area contributed by atoms with Gasteiger partial charge >= 0.3 is 0 Å². The number of aryl methyl sites for hydroxylation is 1. The number of allylic oxidation sites excluding steroid dienone is 3. The fourth-order valence-electron chi connectivity index (χ4n) is 2.82. The summed E-state index contributed by atoms with van der Waals surface area (Å²) in [6.45, 7) is 9.64. The smallest absolute Gasteiger partial charge is 0.133 e. The van der Waals surface area contributed by atoms with Gasteiger partial charge in [-0.3, -0.25) is 0 Å². The Balaban J connectivity index is 2.40. The van der Waals surface area contributed by atoms with Gasteiger partial charge in [0, 0.05) is 6.07 Å². The lowest BCUT2D eigenvalue weighted by Gasteiger charge is -2.29. The van der Waals surface area contributed by atoms with Crippen LogP contribution in [0.1, 0.15) is 51.0 Å². The second-order valence-electron chi connectivity index (χ2n) is 5.07. The van der Waals surface area contributed by atoms with Gasteiger partial charge in [-0.1, -0.05) is 24.6 Å². The van der Waals surface area contributed by atoms with E-state index in [0.717, 1.165) is 35.8 Å². The van der Waals surface area contributed by atoms with Crippen LogP contribution >= 0.6 is 0 Å². The van der Waals surface area contributed by atoms with Crippen molar-refractivity contribution in [3.05, 3.63) is 41.7 Å². The summed E-state index contributed by atoms with van der Waals surface area (Å²) < 4.78 is 11.1. The predicted octanol–water partition coefficient (Wildman–Crippen LogP) is 4.25. The molecule has 1 aliphatic carbocycles. The Bertz CT molecular complexity index is 465. The normalized spacial score (nSPS) is 18.9. The molecule has 0 aromatic carbocycles. The molecule has 0 radical (unpaired) electrons. The Morgan fingerprint density at radius 1 is 1.50 bits per heavy atom. The third-order valence-corrected chi connectivity index (χ3v) is 3.59. The summed E-state index contributed by atoms with van der Waals surface area (Å²) in [6.07, 6.45) is 6.55. The molecule has 1 fully saturated rings. The zero-order valence-electron chi connectivity index (χ0n) is 11.5. The largest absolute Gasteiger partial charge is 0.466 e. The Hall–Kier alpha value is -1.51. The van der Waals surface area contributed by atoms with Crippen LogP contribution in [-0.2, 0) is 10.2 Å². The molecule has 18 heavy (non-hydrogen) atoms. The third-order valence-electron chi connectivity index (χ3n) is 3.59. The highest BCUT2D eigenvalue weighted by Gasteiger charge is 2.43. The van der Waals surface area contributed by atoms with Crippen molar-refractivity contribution in [1.29, 1.82) is 0 Å². The maximum atomic E-state index is 5.84. The molecular weight excluding hydrogens is 226 g/mol. The summed E-state index contributed by atoms with van der Waals surface area (Å²) in [5, 5.41) is 4.22. The number of aromatic nitrogens is 1. The molecule has 0 bridgehead atoms. The summed E-state index contributed by atoms with van der Waals surface area (Å²) in [4.78, 5) is 0. The summed E-state index contributed by atoms with van der Waals surface area (Å²) in [5.41, 5.74) is 0.873. The minimum absolute atomic E-state index is 0.120. The Morgan fingerprint density at radius 3 is 2.61 bits per heavy atom. The lowest BCUT2D eigenvalue weighted by Crippen LogP contribution is -2.26. The maximum Gasteiger partial charge on any atom is 0.133 e. The van der Waals surface area contributed by atoms with Crippen LogP contribution in [0, 0.1) is 6.92 Å². The molecule has 3 nitrogen and oxygen atoms in total. The lowest BCUT2D eigenvalue weighted by molar-refractivity contribution is 0.225. The maximum absolute atomic E-state index is 5.84. The summed E-state index contributed by atoms with van der Waals surface area (Å²) >= 11 is 0. The van der Waals surface area contributed by atoms with Gasteiger partial charge in [0.1, 0.15) is 11.5 Å². The van der Waals surface area contributed by atoms with Gasteiger partial charge in [0.15, 0.2) is 0 Å². The molecule has 1 saturated carbocycles. The molecule has 0 saturated heterocycles. The first-order valence-corrected chi connectivity index (χ1v) is 6.52. The van der Waals surface area contributed by atoms with Crippen molar-refractivity contribution in [1.82, 2.24) is 5.16 Å². The average molecular weight is 247 g/mol. The van der Waals surface area contributed by atoms with Crippen LogP contribution in [0.2, 0.25) is 0 Å². The van der Waals surface area contributed by atoms with Crippen LogP contribution in [0.5, 0.6) is 0 Å². The standard InChI is InChI=1S/C15H21NO2/c1-5-14(17-11(2)3)15(8-6-7-9-15)13-10-12(4)18-16-13/h5,10H,2,6-9H2,1,3-4H3.